The number of hydrogen-bond acceptors (Lipinski definition) is 3. The second-order valence-electron chi connectivity index (χ2n) is 1.14. The second kappa shape index (κ2) is 2.47. The van der Waals surface area contributed by atoms with E-state index in [1.807, 2.05) is 0 Å². The van der Waals surface area contributed by atoms with E-state index in [1.165, 1.54) is 0 Å². The van der Waals surface area contributed by atoms with Crippen LogP contribution in [0.2, 0.25) is 0 Å². The van der Waals surface area contributed by atoms with Crippen molar-refractivity contribution in [3.05, 3.63) is 0 Å². The molecule has 0 radical (unpaired) electrons. The van der Waals surface area contributed by atoms with Crippen molar-refractivity contribution in [3.63, 3.8) is 0 Å². The van der Waals surface area contributed by atoms with Crippen molar-refractivity contribution in [1.29, 1.82) is 0 Å². The summed E-state index contributed by atoms with van der Waals surface area (Å²) in [5.74, 6) is 2.22. The Hall–Kier alpha value is -1.07. The van der Waals surface area contributed by atoms with Gasteiger partial charge in [-0.25, -0.2) is 0 Å². The Morgan fingerprint density at radius 2 is 2.00 bits per heavy atom. The summed E-state index contributed by atoms with van der Waals surface area (Å²) in [7, 11) is 0. The van der Waals surface area contributed by atoms with Crippen molar-refractivity contribution in [2.45, 2.75) is 6.18 Å². The average molecular weight is 140 g/mol. The third-order valence-electron chi connectivity index (χ3n) is 0.471. The van der Waals surface area contributed by atoms with Gasteiger partial charge in [0.1, 0.15) is 0 Å². The van der Waals surface area contributed by atoms with Gasteiger partial charge in [-0.1, -0.05) is 0 Å². The number of rotatable bonds is 1. The molecule has 0 bridgehead atoms. The van der Waals surface area contributed by atoms with Crippen LogP contribution in [0.4, 0.5) is 13.2 Å². The number of Topliss-reactive ketones (excluding diaryl/α,β-unsaturated/α-hetero) is 1. The molecule has 0 amide bonds. The van der Waals surface area contributed by atoms with Gasteiger partial charge in [-0.05, 0) is 0 Å². The molecule has 3 nitrogen and oxygen atoms in total. The number of nitrogens with zero attached hydrogens (tertiary/aromatic N) is 1. The first-order valence-corrected chi connectivity index (χ1v) is 1.83. The van der Waals surface area contributed by atoms with E-state index in [-0.39, 0.29) is 6.21 Å². The molecule has 0 fully saturated rings. The smallest absolute Gasteiger partial charge is 0.323 e. The van der Waals surface area contributed by atoms with Crippen molar-refractivity contribution in [1.82, 2.24) is 0 Å². The molecule has 0 spiro atoms. The Bertz CT molecular complexity index is 138. The van der Waals surface area contributed by atoms with Crippen LogP contribution < -0.4 is 5.84 Å². The number of carbonyl (C=O) groups excluding carboxylic acids is 1. The fourth-order valence-electron chi connectivity index (χ4n) is 0.141. The highest BCUT2D eigenvalue weighted by atomic mass is 19.4. The number of carbonyl (C=O) groups is 1. The van der Waals surface area contributed by atoms with Gasteiger partial charge < -0.3 is 5.84 Å². The van der Waals surface area contributed by atoms with Crippen LogP contribution in [0.15, 0.2) is 5.10 Å². The van der Waals surface area contributed by atoms with E-state index in [4.69, 9.17) is 0 Å². The molecule has 0 saturated heterocycles. The largest absolute Gasteiger partial charge is 0.455 e. The van der Waals surface area contributed by atoms with Gasteiger partial charge >= 0.3 is 6.18 Å². The van der Waals surface area contributed by atoms with Crippen molar-refractivity contribution in [2.75, 3.05) is 0 Å². The molecular weight excluding hydrogens is 137 g/mol. The Balaban J connectivity index is 4.06. The lowest BCUT2D eigenvalue weighted by atomic mass is 10.4. The lowest BCUT2D eigenvalue weighted by Crippen LogP contribution is -2.23. The molecule has 9 heavy (non-hydrogen) atoms. The molecule has 0 saturated carbocycles. The minimum Gasteiger partial charge on any atom is -0.323 e. The van der Waals surface area contributed by atoms with Crippen LogP contribution in [-0.4, -0.2) is 18.2 Å². The Morgan fingerprint density at radius 3 is 2.11 bits per heavy atom. The maximum Gasteiger partial charge on any atom is 0.455 e. The molecule has 0 aromatic rings. The van der Waals surface area contributed by atoms with E-state index in [9.17, 15) is 18.0 Å². The maximum atomic E-state index is 11.1. The predicted molar refractivity (Wildman–Crippen MR) is 23.7 cm³/mol. The van der Waals surface area contributed by atoms with Gasteiger partial charge in [-0.15, -0.1) is 0 Å². The molecule has 0 unspecified atom stereocenters. The van der Waals surface area contributed by atoms with Crippen molar-refractivity contribution >= 4 is 12.0 Å². The van der Waals surface area contributed by atoms with E-state index >= 15 is 0 Å². The highest BCUT2D eigenvalue weighted by Crippen LogP contribution is 2.13. The third-order valence-corrected chi connectivity index (χ3v) is 0.471. The van der Waals surface area contributed by atoms with Crippen molar-refractivity contribution < 1.29 is 18.0 Å². The van der Waals surface area contributed by atoms with Crippen molar-refractivity contribution in [3.8, 4) is 0 Å². The first-order valence-electron chi connectivity index (χ1n) is 1.83. The monoisotopic (exact) mass is 140 g/mol. The van der Waals surface area contributed by atoms with Crippen LogP contribution in [0.5, 0.6) is 0 Å². The van der Waals surface area contributed by atoms with E-state index < -0.39 is 12.0 Å². The van der Waals surface area contributed by atoms with Gasteiger partial charge in [0.25, 0.3) is 5.78 Å². The molecule has 0 atom stereocenters. The molecule has 0 aliphatic carbocycles. The fourth-order valence-corrected chi connectivity index (χ4v) is 0.141. The first-order chi connectivity index (χ1) is 3.98. The molecule has 0 heterocycles. The molecule has 0 aromatic heterocycles. The Morgan fingerprint density at radius 1 is 1.56 bits per heavy atom. The predicted octanol–water partition coefficient (Wildman–Crippen LogP) is 0.0623. The van der Waals surface area contributed by atoms with Crippen LogP contribution in [0, 0.1) is 0 Å². The molecule has 6 heteroatoms. The number of nitrogens with two attached hydrogens (primary N) is 1. The maximum absolute atomic E-state index is 11.1. The van der Waals surface area contributed by atoms with E-state index in [0.717, 1.165) is 0 Å². The van der Waals surface area contributed by atoms with Gasteiger partial charge in [0.15, 0.2) is 0 Å². The fraction of sp³-hybridized carbons (Fsp3) is 0.333. The minimum absolute atomic E-state index is 0.0139. The van der Waals surface area contributed by atoms with Crippen LogP contribution in [-0.2, 0) is 4.79 Å². The van der Waals surface area contributed by atoms with Gasteiger partial charge in [-0.3, -0.25) is 4.79 Å². The molecule has 2 N–H and O–H groups in total. The highest BCUT2D eigenvalue weighted by molar-refractivity contribution is 6.29. The zero-order chi connectivity index (χ0) is 7.49. The summed E-state index contributed by atoms with van der Waals surface area (Å²) in [5.41, 5.74) is 0. The first kappa shape index (κ1) is 7.93. The number of ketones is 1. The van der Waals surface area contributed by atoms with Gasteiger partial charge in [0.05, 0.1) is 6.21 Å². The van der Waals surface area contributed by atoms with E-state index in [1.54, 1.807) is 0 Å². The summed E-state index contributed by atoms with van der Waals surface area (Å²) in [4.78, 5) is 9.71. The summed E-state index contributed by atoms with van der Waals surface area (Å²) >= 11 is 0. The van der Waals surface area contributed by atoms with Gasteiger partial charge in [0, 0.05) is 0 Å². The second-order valence-corrected chi connectivity index (χ2v) is 1.14. The van der Waals surface area contributed by atoms with Gasteiger partial charge in [0.2, 0.25) is 0 Å². The van der Waals surface area contributed by atoms with E-state index in [0.29, 0.717) is 0 Å². The minimum atomic E-state index is -4.86. The number of hydrazone groups is 1. The summed E-state index contributed by atoms with van der Waals surface area (Å²) in [6.07, 6.45) is -4.84. The number of halogens is 3. The van der Waals surface area contributed by atoms with E-state index in [2.05, 4.69) is 10.9 Å². The van der Waals surface area contributed by atoms with Crippen molar-refractivity contribution in [2.24, 2.45) is 10.9 Å². The lowest BCUT2D eigenvalue weighted by Gasteiger charge is -1.96. The standard InChI is InChI=1S/C3H3F3N2O/c4-3(5,6)2(9)1-8-7/h1H,7H2/b8-1-. The van der Waals surface area contributed by atoms with Crippen LogP contribution in [0.3, 0.4) is 0 Å². The van der Waals surface area contributed by atoms with Crippen LogP contribution in [0.1, 0.15) is 0 Å². The lowest BCUT2D eigenvalue weighted by molar-refractivity contribution is -0.162. The number of hydrogen-bond donors (Lipinski definition) is 1. The molecule has 0 aromatic carbocycles. The zero-order valence-electron chi connectivity index (χ0n) is 4.14. The normalized spacial score (nSPS) is 12.3. The quantitative estimate of drug-likeness (QED) is 0.318. The zero-order valence-corrected chi connectivity index (χ0v) is 4.14. The third kappa shape index (κ3) is 2.68. The molecule has 0 rings (SSSR count). The molecular formula is C3H3F3N2O. The summed E-state index contributed by atoms with van der Waals surface area (Å²) < 4.78 is 33.4. The number of alkyl halides is 3. The Kier molecular flexibility index (Phi) is 2.18. The van der Waals surface area contributed by atoms with Gasteiger partial charge in [-0.2, -0.15) is 18.3 Å². The average Bonchev–Trinajstić information content (AvgIpc) is 1.64. The molecule has 0 aliphatic heterocycles. The summed E-state index contributed by atoms with van der Waals surface area (Å²) in [5, 5.41) is 2.41. The van der Waals surface area contributed by atoms with Crippen LogP contribution in [0.25, 0.3) is 0 Å². The van der Waals surface area contributed by atoms with Crippen LogP contribution >= 0.6 is 0 Å². The summed E-state index contributed by atoms with van der Waals surface area (Å²) in [6, 6.07) is 0. The SMILES string of the molecule is N/N=C\C(=O)C(F)(F)F. The topological polar surface area (TPSA) is 55.4 Å². The Labute approximate surface area is 48.3 Å². The summed E-state index contributed by atoms with van der Waals surface area (Å²) in [6.45, 7) is 0. The molecule has 52 valence electrons. The molecule has 0 aliphatic rings. The highest BCUT2D eigenvalue weighted by Gasteiger charge is 2.36.